The molecule has 2 heteroatoms. The van der Waals surface area contributed by atoms with Gasteiger partial charge in [-0.05, 0) is 119 Å². The molecular weight excluding hydrogens is 665 g/mol. The molecule has 0 spiro atoms. The average Bonchev–Trinajstić information content (AvgIpc) is 3.65. The topological polar surface area (TPSA) is 17.8 Å². The zero-order chi connectivity index (χ0) is 36.3. The molecule has 0 saturated carbocycles. The van der Waals surface area contributed by atoms with E-state index in [9.17, 15) is 0 Å². The lowest BCUT2D eigenvalue weighted by Gasteiger charge is -2.19. The molecule has 55 heavy (non-hydrogen) atoms. The summed E-state index contributed by atoms with van der Waals surface area (Å²) in [6, 6.07) is 74.9. The first-order valence-corrected chi connectivity index (χ1v) is 18.9. The van der Waals surface area contributed by atoms with Crippen molar-refractivity contribution in [1.29, 1.82) is 0 Å². The molecule has 0 amide bonds. The van der Waals surface area contributed by atoms with Crippen molar-refractivity contribution in [2.75, 3.05) is 0 Å². The first kappa shape index (κ1) is 31.3. The second-order valence-corrected chi connectivity index (χ2v) is 14.4. The highest BCUT2D eigenvalue weighted by Gasteiger charge is 2.19. The van der Waals surface area contributed by atoms with E-state index in [0.717, 1.165) is 33.7 Å². The summed E-state index contributed by atoms with van der Waals surface area (Å²) in [5.41, 5.74) is 11.5. The third-order valence-corrected chi connectivity index (χ3v) is 11.1. The maximum absolute atomic E-state index is 5.12. The van der Waals surface area contributed by atoms with Crippen molar-refractivity contribution in [1.82, 2.24) is 9.55 Å². The number of aromatic nitrogens is 2. The monoisotopic (exact) mass is 698 g/mol. The molecule has 0 radical (unpaired) electrons. The van der Waals surface area contributed by atoms with Crippen molar-refractivity contribution in [2.24, 2.45) is 0 Å². The van der Waals surface area contributed by atoms with E-state index in [0.29, 0.717) is 0 Å². The Labute approximate surface area is 319 Å². The van der Waals surface area contributed by atoms with Crippen molar-refractivity contribution in [2.45, 2.75) is 0 Å². The standard InChI is InChI=1S/C53H34N2/c1-2-15-37(16-3-1)53-54-49-23-10-11-24-50(49)55(53)44-20-12-19-40(33-44)41-29-30-47-48(34-41)52(43-28-26-36-14-5-7-18-39(36)32-43)46-22-9-8-21-45(46)51(47)42-27-25-35-13-4-6-17-38(35)31-42/h1-34H. The van der Waals surface area contributed by atoms with Crippen molar-refractivity contribution < 1.29 is 0 Å². The number of fused-ring (bicyclic) bond motifs is 5. The molecule has 2 nitrogen and oxygen atoms in total. The molecule has 0 unspecified atom stereocenters. The van der Waals surface area contributed by atoms with Gasteiger partial charge in [-0.3, -0.25) is 4.57 Å². The Morgan fingerprint density at radius 2 is 0.836 bits per heavy atom. The van der Waals surface area contributed by atoms with Crippen molar-refractivity contribution >= 4 is 54.1 Å². The van der Waals surface area contributed by atoms with Gasteiger partial charge in [-0.2, -0.15) is 0 Å². The van der Waals surface area contributed by atoms with E-state index in [1.165, 1.54) is 70.9 Å². The van der Waals surface area contributed by atoms with Crippen LogP contribution in [0, 0.1) is 0 Å². The quantitative estimate of drug-likeness (QED) is 0.164. The fourth-order valence-corrected chi connectivity index (χ4v) is 8.56. The molecule has 11 rings (SSSR count). The van der Waals surface area contributed by atoms with E-state index in [-0.39, 0.29) is 0 Å². The van der Waals surface area contributed by atoms with Crippen LogP contribution in [0.4, 0.5) is 0 Å². The van der Waals surface area contributed by atoms with Crippen molar-refractivity contribution in [3.05, 3.63) is 206 Å². The van der Waals surface area contributed by atoms with E-state index in [1.54, 1.807) is 0 Å². The fourth-order valence-electron chi connectivity index (χ4n) is 8.56. The minimum atomic E-state index is 0.933. The molecule has 0 fully saturated rings. The van der Waals surface area contributed by atoms with Crippen LogP contribution in [0.25, 0.3) is 105 Å². The largest absolute Gasteiger partial charge is 0.292 e. The minimum Gasteiger partial charge on any atom is -0.292 e. The predicted octanol–water partition coefficient (Wildman–Crippen LogP) is 14.3. The Balaban J connectivity index is 1.18. The lowest BCUT2D eigenvalue weighted by atomic mass is 9.84. The number of para-hydroxylation sites is 2. The number of imidazole rings is 1. The number of benzene rings is 10. The summed E-state index contributed by atoms with van der Waals surface area (Å²) in [6.07, 6.45) is 0. The Morgan fingerprint density at radius 3 is 1.55 bits per heavy atom. The summed E-state index contributed by atoms with van der Waals surface area (Å²) in [7, 11) is 0. The summed E-state index contributed by atoms with van der Waals surface area (Å²) < 4.78 is 2.29. The van der Waals surface area contributed by atoms with Gasteiger partial charge in [0, 0.05) is 11.3 Å². The lowest BCUT2D eigenvalue weighted by molar-refractivity contribution is 1.10. The zero-order valence-electron chi connectivity index (χ0n) is 30.0. The molecular formula is C53H34N2. The van der Waals surface area contributed by atoms with E-state index in [1.807, 2.05) is 0 Å². The zero-order valence-corrected chi connectivity index (χ0v) is 30.0. The first-order valence-electron chi connectivity index (χ1n) is 18.9. The molecule has 0 bridgehead atoms. The van der Waals surface area contributed by atoms with E-state index >= 15 is 0 Å². The van der Waals surface area contributed by atoms with Gasteiger partial charge in [0.1, 0.15) is 5.82 Å². The summed E-state index contributed by atoms with van der Waals surface area (Å²) >= 11 is 0. The molecule has 11 aromatic rings. The van der Waals surface area contributed by atoms with Crippen LogP contribution in [0.5, 0.6) is 0 Å². The Kier molecular flexibility index (Phi) is 7.21. The van der Waals surface area contributed by atoms with Gasteiger partial charge in [0.25, 0.3) is 0 Å². The third-order valence-electron chi connectivity index (χ3n) is 11.1. The lowest BCUT2D eigenvalue weighted by Crippen LogP contribution is -1.98. The Bertz CT molecular complexity index is 3260. The molecule has 0 aliphatic rings. The Hall–Kier alpha value is -7.29. The number of nitrogens with zero attached hydrogens (tertiary/aromatic N) is 2. The highest BCUT2D eigenvalue weighted by Crippen LogP contribution is 2.46. The van der Waals surface area contributed by atoms with E-state index < -0.39 is 0 Å². The summed E-state index contributed by atoms with van der Waals surface area (Å²) in [5.74, 6) is 0.933. The van der Waals surface area contributed by atoms with Crippen molar-refractivity contribution in [3.63, 3.8) is 0 Å². The molecule has 10 aromatic carbocycles. The van der Waals surface area contributed by atoms with Crippen LogP contribution >= 0.6 is 0 Å². The van der Waals surface area contributed by atoms with Gasteiger partial charge in [-0.25, -0.2) is 4.98 Å². The molecule has 0 saturated heterocycles. The smallest absolute Gasteiger partial charge is 0.145 e. The molecule has 256 valence electrons. The summed E-state index contributed by atoms with van der Waals surface area (Å²) in [4.78, 5) is 5.12. The highest BCUT2D eigenvalue weighted by atomic mass is 15.1. The fraction of sp³-hybridized carbons (Fsp3) is 0. The summed E-state index contributed by atoms with van der Waals surface area (Å²) in [6.45, 7) is 0. The molecule has 0 aliphatic carbocycles. The first-order chi connectivity index (χ1) is 27.3. The molecule has 0 aliphatic heterocycles. The van der Waals surface area contributed by atoms with Gasteiger partial charge in [-0.1, -0.05) is 164 Å². The van der Waals surface area contributed by atoms with Gasteiger partial charge in [0.15, 0.2) is 0 Å². The van der Waals surface area contributed by atoms with Crippen LogP contribution < -0.4 is 0 Å². The number of rotatable bonds is 5. The maximum atomic E-state index is 5.12. The molecule has 0 N–H and O–H groups in total. The SMILES string of the molecule is c1ccc(-c2nc3ccccc3n2-c2cccc(-c3ccc4c(-c5ccc6ccccc6c5)c5ccccc5c(-c5ccc6ccccc6c5)c4c3)c2)cc1. The van der Waals surface area contributed by atoms with E-state index in [4.69, 9.17) is 4.98 Å². The predicted molar refractivity (Wildman–Crippen MR) is 233 cm³/mol. The van der Waals surface area contributed by atoms with Gasteiger partial charge >= 0.3 is 0 Å². The normalized spacial score (nSPS) is 11.6. The minimum absolute atomic E-state index is 0.933. The van der Waals surface area contributed by atoms with E-state index in [2.05, 4.69) is 211 Å². The number of hydrogen-bond acceptors (Lipinski definition) is 1. The van der Waals surface area contributed by atoms with Crippen LogP contribution in [0.3, 0.4) is 0 Å². The van der Waals surface area contributed by atoms with Crippen LogP contribution in [-0.2, 0) is 0 Å². The molecule has 1 aromatic heterocycles. The maximum Gasteiger partial charge on any atom is 0.145 e. The molecule has 1 heterocycles. The van der Waals surface area contributed by atoms with Crippen LogP contribution in [-0.4, -0.2) is 9.55 Å². The second kappa shape index (κ2) is 12.7. The third kappa shape index (κ3) is 5.22. The number of hydrogen-bond donors (Lipinski definition) is 0. The van der Waals surface area contributed by atoms with Crippen molar-refractivity contribution in [3.8, 4) is 50.5 Å². The van der Waals surface area contributed by atoms with Gasteiger partial charge in [-0.15, -0.1) is 0 Å². The highest BCUT2D eigenvalue weighted by molar-refractivity contribution is 6.22. The van der Waals surface area contributed by atoms with Gasteiger partial charge in [0.2, 0.25) is 0 Å². The Morgan fingerprint density at radius 1 is 0.309 bits per heavy atom. The average molecular weight is 699 g/mol. The molecule has 0 atom stereocenters. The van der Waals surface area contributed by atoms with Crippen LogP contribution in [0.15, 0.2) is 206 Å². The van der Waals surface area contributed by atoms with Crippen LogP contribution in [0.2, 0.25) is 0 Å². The summed E-state index contributed by atoms with van der Waals surface area (Å²) in [5, 5.41) is 9.94. The van der Waals surface area contributed by atoms with Gasteiger partial charge in [0.05, 0.1) is 11.0 Å². The van der Waals surface area contributed by atoms with Gasteiger partial charge < -0.3 is 0 Å². The second-order valence-electron chi connectivity index (χ2n) is 14.4. The van der Waals surface area contributed by atoms with Crippen LogP contribution in [0.1, 0.15) is 0 Å².